The van der Waals surface area contributed by atoms with Crippen molar-refractivity contribution >= 4 is 23.2 Å². The van der Waals surface area contributed by atoms with Crippen LogP contribution in [0.25, 0.3) is 0 Å². The molecule has 1 aromatic heterocycles. The Balaban J connectivity index is 2.17. The molecule has 4 heteroatoms. The maximum Gasteiger partial charge on any atom is 0.184 e. The predicted octanol–water partition coefficient (Wildman–Crippen LogP) is 2.97. The minimum absolute atomic E-state index is 0.600. The Hall–Kier alpha value is -1.77. The van der Waals surface area contributed by atoms with Gasteiger partial charge in [-0.1, -0.05) is 29.8 Å². The summed E-state index contributed by atoms with van der Waals surface area (Å²) >= 11 is 4.52. The van der Waals surface area contributed by atoms with E-state index in [1.165, 1.54) is 11.1 Å². The maximum absolute atomic E-state index is 4.52. The van der Waals surface area contributed by atoms with Crippen LogP contribution in [0.1, 0.15) is 11.1 Å². The summed E-state index contributed by atoms with van der Waals surface area (Å²) in [5.41, 5.74) is 2.47. The van der Waals surface area contributed by atoms with Crippen LogP contribution in [-0.4, -0.2) is 14.9 Å². The lowest BCUT2D eigenvalue weighted by atomic mass is 10.1. The molecule has 0 fully saturated rings. The molecule has 0 aliphatic carbocycles. The molecular weight excluding hydrogens is 218 g/mol. The zero-order valence-corrected chi connectivity index (χ0v) is 9.74. The van der Waals surface area contributed by atoms with Gasteiger partial charge in [0.05, 0.1) is 11.7 Å². The van der Waals surface area contributed by atoms with Gasteiger partial charge in [0.1, 0.15) is 0 Å². The summed E-state index contributed by atoms with van der Waals surface area (Å²) in [6.07, 6.45) is 1.88. The van der Waals surface area contributed by atoms with Crippen LogP contribution in [0.4, 0.5) is 5.82 Å². The van der Waals surface area contributed by atoms with Crippen LogP contribution in [0.5, 0.6) is 0 Å². The summed E-state index contributed by atoms with van der Waals surface area (Å²) in [6, 6.07) is 10.2. The average Bonchev–Trinajstić information content (AvgIpc) is 2.66. The van der Waals surface area contributed by atoms with Gasteiger partial charge in [-0.15, -0.1) is 0 Å². The van der Waals surface area contributed by atoms with Crippen molar-refractivity contribution in [1.29, 1.82) is 0 Å². The van der Waals surface area contributed by atoms with Gasteiger partial charge in [0.2, 0.25) is 0 Å². The fourth-order valence-electron chi connectivity index (χ4n) is 1.54. The highest BCUT2D eigenvalue weighted by Crippen LogP contribution is 2.09. The molecular formula is C12H11N3S. The van der Waals surface area contributed by atoms with Crippen molar-refractivity contribution in [3.05, 3.63) is 47.7 Å². The topological polar surface area (TPSA) is 30.2 Å². The van der Waals surface area contributed by atoms with E-state index in [4.69, 9.17) is 0 Å². The molecule has 0 saturated carbocycles. The monoisotopic (exact) mass is 229 g/mol. The van der Waals surface area contributed by atoms with Crippen LogP contribution in [0, 0.1) is 6.92 Å². The Morgan fingerprint density at radius 1 is 1.44 bits per heavy atom. The fourth-order valence-corrected chi connectivity index (χ4v) is 1.64. The van der Waals surface area contributed by atoms with E-state index < -0.39 is 0 Å². The van der Waals surface area contributed by atoms with Crippen molar-refractivity contribution in [2.24, 2.45) is 4.99 Å². The Labute approximate surface area is 99.4 Å². The first-order valence-electron chi connectivity index (χ1n) is 4.95. The van der Waals surface area contributed by atoms with Gasteiger partial charge in [0, 0.05) is 12.3 Å². The minimum Gasteiger partial charge on any atom is -0.266 e. The van der Waals surface area contributed by atoms with Crippen LogP contribution < -0.4 is 0 Å². The number of nitrogens with zero attached hydrogens (tertiary/aromatic N) is 3. The molecule has 0 atom stereocenters. The SMILES string of the molecule is Cc1cccc(Cn2ccc(N=C=S)n2)c1. The largest absolute Gasteiger partial charge is 0.266 e. The van der Waals surface area contributed by atoms with Gasteiger partial charge in [-0.3, -0.25) is 4.68 Å². The van der Waals surface area contributed by atoms with Crippen molar-refractivity contribution in [3.8, 4) is 0 Å². The van der Waals surface area contributed by atoms with E-state index in [2.05, 4.69) is 52.6 Å². The molecule has 2 aromatic rings. The molecule has 80 valence electrons. The Kier molecular flexibility index (Phi) is 3.25. The van der Waals surface area contributed by atoms with Crippen molar-refractivity contribution in [2.45, 2.75) is 13.5 Å². The summed E-state index contributed by atoms with van der Waals surface area (Å²) < 4.78 is 1.83. The minimum atomic E-state index is 0.600. The molecule has 0 radical (unpaired) electrons. The van der Waals surface area contributed by atoms with E-state index >= 15 is 0 Å². The highest BCUT2D eigenvalue weighted by atomic mass is 32.1. The smallest absolute Gasteiger partial charge is 0.184 e. The Bertz CT molecular complexity index is 539. The molecule has 0 N–H and O–H groups in total. The van der Waals surface area contributed by atoms with Gasteiger partial charge >= 0.3 is 0 Å². The highest BCUT2D eigenvalue weighted by molar-refractivity contribution is 7.78. The number of aryl methyl sites for hydroxylation is 1. The fraction of sp³-hybridized carbons (Fsp3) is 0.167. The first-order valence-corrected chi connectivity index (χ1v) is 5.35. The summed E-state index contributed by atoms with van der Waals surface area (Å²) in [6.45, 7) is 2.82. The van der Waals surface area contributed by atoms with Crippen molar-refractivity contribution in [1.82, 2.24) is 9.78 Å². The van der Waals surface area contributed by atoms with E-state index in [0.717, 1.165) is 6.54 Å². The second-order valence-corrected chi connectivity index (χ2v) is 3.75. The van der Waals surface area contributed by atoms with E-state index in [9.17, 15) is 0 Å². The molecule has 0 aliphatic heterocycles. The predicted molar refractivity (Wildman–Crippen MR) is 67.2 cm³/mol. The number of aliphatic imine (C=N–C) groups is 1. The first-order chi connectivity index (χ1) is 7.78. The molecule has 0 amide bonds. The van der Waals surface area contributed by atoms with Crippen LogP contribution in [0.15, 0.2) is 41.5 Å². The van der Waals surface area contributed by atoms with E-state index in [1.807, 2.05) is 23.0 Å². The summed E-state index contributed by atoms with van der Waals surface area (Å²) in [5, 5.41) is 6.55. The lowest BCUT2D eigenvalue weighted by molar-refractivity contribution is 0.688. The Morgan fingerprint density at radius 2 is 2.31 bits per heavy atom. The molecule has 2 rings (SSSR count). The molecule has 0 bridgehead atoms. The number of hydrogen-bond acceptors (Lipinski definition) is 3. The third kappa shape index (κ3) is 2.63. The summed E-state index contributed by atoms with van der Waals surface area (Å²) in [5.74, 6) is 0.600. The third-order valence-corrected chi connectivity index (χ3v) is 2.31. The van der Waals surface area contributed by atoms with Crippen molar-refractivity contribution < 1.29 is 0 Å². The van der Waals surface area contributed by atoms with Crippen molar-refractivity contribution in [3.63, 3.8) is 0 Å². The first kappa shape index (κ1) is 10.7. The maximum atomic E-state index is 4.52. The van der Waals surface area contributed by atoms with Gasteiger partial charge in [0.15, 0.2) is 5.82 Å². The number of aromatic nitrogens is 2. The molecule has 0 spiro atoms. The van der Waals surface area contributed by atoms with E-state index in [-0.39, 0.29) is 0 Å². The van der Waals surface area contributed by atoms with Crippen LogP contribution in [0.2, 0.25) is 0 Å². The van der Waals surface area contributed by atoms with Gasteiger partial charge < -0.3 is 0 Å². The molecule has 16 heavy (non-hydrogen) atoms. The average molecular weight is 229 g/mol. The van der Waals surface area contributed by atoms with Gasteiger partial charge in [0.25, 0.3) is 0 Å². The number of benzene rings is 1. The zero-order valence-electron chi connectivity index (χ0n) is 8.92. The Morgan fingerprint density at radius 3 is 3.06 bits per heavy atom. The normalized spacial score (nSPS) is 9.81. The van der Waals surface area contributed by atoms with Crippen LogP contribution in [-0.2, 0) is 6.54 Å². The number of isothiocyanates is 1. The quantitative estimate of drug-likeness (QED) is 0.598. The standard InChI is InChI=1S/C12H11N3S/c1-10-3-2-4-11(7-10)8-15-6-5-12(14-15)13-9-16/h2-7H,8H2,1H3. The van der Waals surface area contributed by atoms with Gasteiger partial charge in [-0.25, -0.2) is 0 Å². The molecule has 0 unspecified atom stereocenters. The van der Waals surface area contributed by atoms with E-state index in [1.54, 1.807) is 0 Å². The molecule has 1 heterocycles. The number of thiocarbonyl (C=S) groups is 1. The second kappa shape index (κ2) is 4.84. The highest BCUT2D eigenvalue weighted by Gasteiger charge is 1.98. The molecule has 0 saturated heterocycles. The van der Waals surface area contributed by atoms with Crippen LogP contribution >= 0.6 is 12.2 Å². The number of rotatable bonds is 3. The molecule has 3 nitrogen and oxygen atoms in total. The number of hydrogen-bond donors (Lipinski definition) is 0. The second-order valence-electron chi connectivity index (χ2n) is 3.56. The van der Waals surface area contributed by atoms with Gasteiger partial charge in [-0.05, 0) is 24.7 Å². The zero-order chi connectivity index (χ0) is 11.4. The summed E-state index contributed by atoms with van der Waals surface area (Å²) in [7, 11) is 0. The van der Waals surface area contributed by atoms with Crippen molar-refractivity contribution in [2.75, 3.05) is 0 Å². The lowest BCUT2D eigenvalue weighted by Crippen LogP contribution is -1.99. The van der Waals surface area contributed by atoms with E-state index in [0.29, 0.717) is 5.82 Å². The third-order valence-electron chi connectivity index (χ3n) is 2.21. The molecule has 0 aliphatic rings. The molecule has 1 aromatic carbocycles. The van der Waals surface area contributed by atoms with Crippen LogP contribution in [0.3, 0.4) is 0 Å². The summed E-state index contributed by atoms with van der Waals surface area (Å²) in [4.78, 5) is 3.82. The lowest BCUT2D eigenvalue weighted by Gasteiger charge is -2.02. The van der Waals surface area contributed by atoms with Gasteiger partial charge in [-0.2, -0.15) is 10.1 Å².